The minimum atomic E-state index is -0.241. The Kier molecular flexibility index (Phi) is 6.97. The van der Waals surface area contributed by atoms with Gasteiger partial charge in [-0.05, 0) is 56.2 Å². The first-order valence-corrected chi connectivity index (χ1v) is 12.5. The molecule has 4 rings (SSSR count). The summed E-state index contributed by atoms with van der Waals surface area (Å²) in [5.74, 6) is 1.94. The van der Waals surface area contributed by atoms with Gasteiger partial charge in [0.05, 0.1) is 23.5 Å². The number of H-pyrrole nitrogens is 1. The molecule has 0 bridgehead atoms. The second-order valence-corrected chi connectivity index (χ2v) is 10.1. The molecular formula is C23H27N3O3S2. The van der Waals surface area contributed by atoms with E-state index in [1.807, 2.05) is 31.2 Å². The quantitative estimate of drug-likeness (QED) is 0.537. The lowest BCUT2D eigenvalue weighted by Crippen LogP contribution is -2.32. The first kappa shape index (κ1) is 21.9. The Morgan fingerprint density at radius 1 is 1.32 bits per heavy atom. The van der Waals surface area contributed by atoms with Gasteiger partial charge in [0, 0.05) is 11.4 Å². The molecule has 0 saturated heterocycles. The van der Waals surface area contributed by atoms with Crippen molar-refractivity contribution >= 4 is 39.2 Å². The van der Waals surface area contributed by atoms with Gasteiger partial charge < -0.3 is 15.0 Å². The maximum Gasteiger partial charge on any atom is 0.259 e. The molecule has 6 nitrogen and oxygen atoms in total. The van der Waals surface area contributed by atoms with Crippen LogP contribution in [-0.2, 0) is 29.8 Å². The highest BCUT2D eigenvalue weighted by atomic mass is 32.2. The van der Waals surface area contributed by atoms with Crippen molar-refractivity contribution in [1.29, 1.82) is 0 Å². The summed E-state index contributed by atoms with van der Waals surface area (Å²) in [6.07, 6.45) is 5.05. The van der Waals surface area contributed by atoms with Crippen LogP contribution in [0.5, 0.6) is 5.75 Å². The van der Waals surface area contributed by atoms with Gasteiger partial charge >= 0.3 is 0 Å². The highest BCUT2D eigenvalue weighted by molar-refractivity contribution is 7.99. The molecule has 3 aromatic rings. The van der Waals surface area contributed by atoms with Gasteiger partial charge in [0.15, 0.2) is 0 Å². The number of aromatic nitrogens is 2. The van der Waals surface area contributed by atoms with Crippen molar-refractivity contribution in [2.45, 2.75) is 50.0 Å². The van der Waals surface area contributed by atoms with Crippen molar-refractivity contribution in [1.82, 2.24) is 15.3 Å². The first-order chi connectivity index (χ1) is 15.1. The molecule has 1 aliphatic carbocycles. The normalized spacial score (nSPS) is 14.3. The van der Waals surface area contributed by atoms with Crippen LogP contribution in [0.25, 0.3) is 10.2 Å². The summed E-state index contributed by atoms with van der Waals surface area (Å²) >= 11 is 3.13. The number of methoxy groups -OCH3 is 1. The van der Waals surface area contributed by atoms with E-state index in [9.17, 15) is 9.59 Å². The van der Waals surface area contributed by atoms with E-state index in [4.69, 9.17) is 4.74 Å². The van der Waals surface area contributed by atoms with Crippen LogP contribution in [0.3, 0.4) is 0 Å². The molecule has 1 unspecified atom stereocenters. The molecule has 164 valence electrons. The van der Waals surface area contributed by atoms with Gasteiger partial charge in [0.25, 0.3) is 5.56 Å². The van der Waals surface area contributed by atoms with Crippen LogP contribution >= 0.6 is 23.1 Å². The fourth-order valence-electron chi connectivity index (χ4n) is 3.93. The van der Waals surface area contributed by atoms with Crippen molar-refractivity contribution in [3.63, 3.8) is 0 Å². The Balaban J connectivity index is 1.32. The minimum absolute atomic E-state index is 0.0186. The molecule has 2 N–H and O–H groups in total. The zero-order chi connectivity index (χ0) is 21.8. The second-order valence-electron chi connectivity index (χ2n) is 7.71. The monoisotopic (exact) mass is 457 g/mol. The molecule has 0 aliphatic heterocycles. The van der Waals surface area contributed by atoms with E-state index in [1.165, 1.54) is 28.6 Å². The van der Waals surface area contributed by atoms with E-state index in [0.717, 1.165) is 40.8 Å². The molecule has 31 heavy (non-hydrogen) atoms. The number of ether oxygens (including phenoxy) is 1. The number of amides is 1. The highest BCUT2D eigenvalue weighted by Crippen LogP contribution is 2.33. The number of nitrogens with zero attached hydrogens (tertiary/aromatic N) is 1. The van der Waals surface area contributed by atoms with Crippen LogP contribution in [0.15, 0.2) is 29.1 Å². The predicted octanol–water partition coefficient (Wildman–Crippen LogP) is 3.85. The Hall–Kier alpha value is -2.32. The number of hydrogen-bond acceptors (Lipinski definition) is 6. The number of carbonyl (C=O) groups excluding carboxylic acids is 1. The number of aromatic amines is 1. The number of aryl methyl sites for hydroxylation is 2. The van der Waals surface area contributed by atoms with Crippen LogP contribution in [-0.4, -0.2) is 34.8 Å². The summed E-state index contributed by atoms with van der Waals surface area (Å²) in [4.78, 5) is 34.9. The molecule has 8 heteroatoms. The fourth-order valence-corrected chi connectivity index (χ4v) is 5.99. The maximum atomic E-state index is 12.7. The number of hydrogen-bond donors (Lipinski definition) is 2. The summed E-state index contributed by atoms with van der Waals surface area (Å²) in [5, 5.41) is 3.52. The van der Waals surface area contributed by atoms with Crippen molar-refractivity contribution < 1.29 is 9.53 Å². The van der Waals surface area contributed by atoms with Crippen LogP contribution < -0.4 is 15.6 Å². The maximum absolute atomic E-state index is 12.7. The molecule has 0 spiro atoms. The minimum Gasteiger partial charge on any atom is -0.496 e. The van der Waals surface area contributed by atoms with Crippen LogP contribution in [0.2, 0.25) is 0 Å². The molecule has 1 aromatic carbocycles. The van der Waals surface area contributed by atoms with Gasteiger partial charge in [0.2, 0.25) is 5.91 Å². The summed E-state index contributed by atoms with van der Waals surface area (Å²) in [5.41, 5.74) is 2.22. The molecule has 0 radical (unpaired) electrons. The third kappa shape index (κ3) is 4.96. The van der Waals surface area contributed by atoms with Gasteiger partial charge in [-0.3, -0.25) is 9.59 Å². The Morgan fingerprint density at radius 2 is 2.13 bits per heavy atom. The zero-order valence-electron chi connectivity index (χ0n) is 17.8. The number of para-hydroxylation sites is 1. The predicted molar refractivity (Wildman–Crippen MR) is 127 cm³/mol. The van der Waals surface area contributed by atoms with Gasteiger partial charge in [-0.2, -0.15) is 0 Å². The van der Waals surface area contributed by atoms with Gasteiger partial charge in [0.1, 0.15) is 16.4 Å². The van der Waals surface area contributed by atoms with Crippen molar-refractivity contribution in [3.05, 3.63) is 56.4 Å². The second kappa shape index (κ2) is 9.87. The third-order valence-electron chi connectivity index (χ3n) is 5.60. The average Bonchev–Trinajstić information content (AvgIpc) is 3.16. The van der Waals surface area contributed by atoms with Gasteiger partial charge in [-0.15, -0.1) is 23.1 Å². The average molecular weight is 458 g/mol. The lowest BCUT2D eigenvalue weighted by molar-refractivity contribution is -0.120. The number of thiophene rings is 1. The van der Waals surface area contributed by atoms with Gasteiger partial charge in [-0.25, -0.2) is 4.98 Å². The van der Waals surface area contributed by atoms with Crippen LogP contribution in [0.1, 0.15) is 41.6 Å². The smallest absolute Gasteiger partial charge is 0.259 e. The van der Waals surface area contributed by atoms with Crippen LogP contribution in [0.4, 0.5) is 0 Å². The number of rotatable bonds is 8. The van der Waals surface area contributed by atoms with E-state index >= 15 is 0 Å². The SMILES string of the molecule is COc1ccccc1CCNC(=O)C(C)SCc1nc2sc3c(c2c(=O)[nH]1)CCCC3. The summed E-state index contributed by atoms with van der Waals surface area (Å²) in [6, 6.07) is 7.82. The standard InChI is InChI=1S/C23H27N3O3S2/c1-14(21(27)24-12-11-15-7-3-5-9-17(15)29-2)30-13-19-25-22(28)20-16-8-4-6-10-18(16)31-23(20)26-19/h3,5,7,9,14H,4,6,8,10-13H2,1-2H3,(H,24,27)(H,25,26,28). The molecule has 0 fully saturated rings. The zero-order valence-corrected chi connectivity index (χ0v) is 19.5. The molecule has 1 amide bonds. The lowest BCUT2D eigenvalue weighted by atomic mass is 9.97. The van der Waals surface area contributed by atoms with E-state index in [-0.39, 0.29) is 16.7 Å². The number of benzene rings is 1. The Morgan fingerprint density at radius 3 is 2.97 bits per heavy atom. The molecule has 1 atom stereocenters. The molecule has 1 aliphatic rings. The molecule has 2 heterocycles. The van der Waals surface area contributed by atoms with Gasteiger partial charge in [-0.1, -0.05) is 18.2 Å². The number of thioether (sulfide) groups is 1. The third-order valence-corrected chi connectivity index (χ3v) is 7.94. The lowest BCUT2D eigenvalue weighted by Gasteiger charge is -2.13. The highest BCUT2D eigenvalue weighted by Gasteiger charge is 2.20. The molecule has 0 saturated carbocycles. The number of nitrogens with one attached hydrogen (secondary N) is 2. The Bertz CT molecular complexity index is 1140. The summed E-state index contributed by atoms with van der Waals surface area (Å²) in [6.45, 7) is 2.43. The van der Waals surface area contributed by atoms with E-state index in [2.05, 4.69) is 15.3 Å². The fraction of sp³-hybridized carbons (Fsp3) is 0.435. The Labute approximate surface area is 189 Å². The topological polar surface area (TPSA) is 84.1 Å². The van der Waals surface area contributed by atoms with E-state index in [1.54, 1.807) is 18.4 Å². The van der Waals surface area contributed by atoms with Crippen molar-refractivity contribution in [3.8, 4) is 5.75 Å². The van der Waals surface area contributed by atoms with Crippen molar-refractivity contribution in [2.24, 2.45) is 0 Å². The molecule has 2 aromatic heterocycles. The van der Waals surface area contributed by atoms with Crippen LogP contribution in [0, 0.1) is 0 Å². The van der Waals surface area contributed by atoms with Crippen molar-refractivity contribution in [2.75, 3.05) is 13.7 Å². The molecular weight excluding hydrogens is 430 g/mol. The first-order valence-electron chi connectivity index (χ1n) is 10.6. The van der Waals surface area contributed by atoms with E-state index < -0.39 is 0 Å². The number of carbonyl (C=O) groups is 1. The summed E-state index contributed by atoms with van der Waals surface area (Å²) < 4.78 is 5.35. The summed E-state index contributed by atoms with van der Waals surface area (Å²) in [7, 11) is 1.65. The largest absolute Gasteiger partial charge is 0.496 e. The number of fused-ring (bicyclic) bond motifs is 3. The van der Waals surface area contributed by atoms with E-state index in [0.29, 0.717) is 24.5 Å².